The molecule has 2 heterocycles. The van der Waals surface area contributed by atoms with Gasteiger partial charge in [0.25, 0.3) is 5.69 Å². The topological polar surface area (TPSA) is 88.2 Å². The number of nitro benzene ring substituents is 1. The van der Waals surface area contributed by atoms with Gasteiger partial charge in [-0.15, -0.1) is 0 Å². The molecule has 1 aromatic carbocycles. The smallest absolute Gasteiger partial charge is 0.293 e. The van der Waals surface area contributed by atoms with E-state index in [0.717, 1.165) is 52.0 Å². The van der Waals surface area contributed by atoms with Crippen LogP contribution in [0.2, 0.25) is 0 Å². The molecule has 26 heavy (non-hydrogen) atoms. The Morgan fingerprint density at radius 2 is 1.81 bits per heavy atom. The predicted molar refractivity (Wildman–Crippen MR) is 99.2 cm³/mol. The van der Waals surface area contributed by atoms with Gasteiger partial charge in [-0.3, -0.25) is 10.1 Å². The highest BCUT2D eigenvalue weighted by molar-refractivity contribution is 7.89. The van der Waals surface area contributed by atoms with Crippen LogP contribution in [0.25, 0.3) is 0 Å². The first-order valence-electron chi connectivity index (χ1n) is 9.30. The van der Waals surface area contributed by atoms with Crippen molar-refractivity contribution in [2.45, 2.75) is 31.1 Å². The number of benzene rings is 1. The number of nitrogens with one attached hydrogen (secondary N) is 1. The molecule has 0 aromatic heterocycles. The number of quaternary nitrogens is 1. The van der Waals surface area contributed by atoms with Gasteiger partial charge in [0.1, 0.15) is 5.69 Å². The zero-order valence-electron chi connectivity index (χ0n) is 15.2. The molecule has 3 rings (SSSR count). The first-order chi connectivity index (χ1) is 12.4. The Morgan fingerprint density at radius 3 is 2.38 bits per heavy atom. The molecule has 1 aromatic rings. The second-order valence-corrected chi connectivity index (χ2v) is 8.94. The van der Waals surface area contributed by atoms with Gasteiger partial charge in [0.2, 0.25) is 10.0 Å². The summed E-state index contributed by atoms with van der Waals surface area (Å²) in [6.07, 6.45) is 2.80. The molecule has 0 radical (unpaired) electrons. The van der Waals surface area contributed by atoms with Gasteiger partial charge in [0.05, 0.1) is 42.5 Å². The maximum absolute atomic E-state index is 12.7. The minimum Gasteiger partial charge on any atom is -0.355 e. The zero-order chi connectivity index (χ0) is 18.7. The van der Waals surface area contributed by atoms with Crippen LogP contribution in [0.1, 0.15) is 26.2 Å². The van der Waals surface area contributed by atoms with Crippen molar-refractivity contribution in [1.82, 2.24) is 4.31 Å². The maximum atomic E-state index is 12.7. The summed E-state index contributed by atoms with van der Waals surface area (Å²) >= 11 is 0. The molecule has 0 amide bonds. The van der Waals surface area contributed by atoms with Crippen molar-refractivity contribution < 1.29 is 18.2 Å². The van der Waals surface area contributed by atoms with E-state index in [1.165, 1.54) is 21.3 Å². The highest BCUT2D eigenvalue weighted by Crippen LogP contribution is 2.32. The summed E-state index contributed by atoms with van der Waals surface area (Å²) in [6.45, 7) is 7.62. The summed E-state index contributed by atoms with van der Waals surface area (Å²) in [5.41, 5.74) is 0.398. The Kier molecular flexibility index (Phi) is 5.79. The highest BCUT2D eigenvalue weighted by atomic mass is 32.2. The quantitative estimate of drug-likeness (QED) is 0.571. The van der Waals surface area contributed by atoms with E-state index < -0.39 is 14.9 Å². The van der Waals surface area contributed by atoms with Gasteiger partial charge in [-0.2, -0.15) is 4.31 Å². The minimum absolute atomic E-state index is 0.0186. The molecule has 1 N–H and O–H groups in total. The summed E-state index contributed by atoms with van der Waals surface area (Å²) in [6, 6.07) is 4.35. The number of hydrogen-bond acceptors (Lipinski definition) is 5. The largest absolute Gasteiger partial charge is 0.355 e. The minimum atomic E-state index is -3.65. The van der Waals surface area contributed by atoms with Crippen molar-refractivity contribution in [2.75, 3.05) is 50.7 Å². The molecular formula is C17H27N4O4S+. The number of nitro groups is 1. The van der Waals surface area contributed by atoms with Gasteiger partial charge in [-0.05, 0) is 31.4 Å². The summed E-state index contributed by atoms with van der Waals surface area (Å²) in [4.78, 5) is 14.7. The fourth-order valence-electron chi connectivity index (χ4n) is 3.82. The second-order valence-electron chi connectivity index (χ2n) is 7.01. The number of rotatable bonds is 6. The Bertz CT molecular complexity index is 754. The molecule has 2 aliphatic heterocycles. The lowest BCUT2D eigenvalue weighted by Gasteiger charge is -2.33. The number of piperazine rings is 1. The molecule has 2 aliphatic rings. The lowest BCUT2D eigenvalue weighted by Crippen LogP contribution is -3.14. The van der Waals surface area contributed by atoms with Gasteiger partial charge >= 0.3 is 0 Å². The van der Waals surface area contributed by atoms with Crippen molar-refractivity contribution in [2.24, 2.45) is 0 Å². The third-order valence-corrected chi connectivity index (χ3v) is 7.16. The van der Waals surface area contributed by atoms with Crippen LogP contribution in [0.15, 0.2) is 23.1 Å². The Labute approximate surface area is 154 Å². The Morgan fingerprint density at radius 1 is 1.15 bits per heavy atom. The van der Waals surface area contributed by atoms with E-state index in [1.807, 2.05) is 4.90 Å². The van der Waals surface area contributed by atoms with Gasteiger partial charge < -0.3 is 9.80 Å². The number of hydrogen-bond donors (Lipinski definition) is 1. The lowest BCUT2D eigenvalue weighted by molar-refractivity contribution is -0.900. The van der Waals surface area contributed by atoms with Crippen molar-refractivity contribution in [3.8, 4) is 0 Å². The van der Waals surface area contributed by atoms with Crippen molar-refractivity contribution in [3.63, 3.8) is 0 Å². The van der Waals surface area contributed by atoms with Crippen LogP contribution >= 0.6 is 0 Å². The summed E-state index contributed by atoms with van der Waals surface area (Å²) in [5, 5.41) is 11.6. The number of sulfonamides is 1. The van der Waals surface area contributed by atoms with Crippen LogP contribution in [-0.4, -0.2) is 63.5 Å². The van der Waals surface area contributed by atoms with Crippen LogP contribution in [0, 0.1) is 10.1 Å². The molecular weight excluding hydrogens is 356 g/mol. The SMILES string of the molecule is CCC[NH+]1CCN(c2ccc(S(=O)(=O)N3CCCC3)cc2[N+](=O)[O-])CC1. The van der Waals surface area contributed by atoms with E-state index in [-0.39, 0.29) is 10.6 Å². The van der Waals surface area contributed by atoms with E-state index >= 15 is 0 Å². The standard InChI is InChI=1S/C17H26N4O4S/c1-2-7-18-10-12-19(13-11-18)16-6-5-15(14-17(16)21(22)23)26(24,25)20-8-3-4-9-20/h5-6,14H,2-4,7-13H2,1H3/p+1. The van der Waals surface area contributed by atoms with Crippen molar-refractivity contribution in [1.29, 1.82) is 0 Å². The monoisotopic (exact) mass is 383 g/mol. The molecule has 0 saturated carbocycles. The average molecular weight is 383 g/mol. The van der Waals surface area contributed by atoms with Crippen LogP contribution in [0.4, 0.5) is 11.4 Å². The lowest BCUT2D eigenvalue weighted by atomic mass is 10.2. The van der Waals surface area contributed by atoms with Crippen LogP contribution < -0.4 is 9.80 Å². The van der Waals surface area contributed by atoms with Gasteiger partial charge in [-0.25, -0.2) is 8.42 Å². The predicted octanol–water partition coefficient (Wildman–Crippen LogP) is 0.494. The Balaban J connectivity index is 1.85. The molecule has 9 heteroatoms. The van der Waals surface area contributed by atoms with E-state index in [9.17, 15) is 18.5 Å². The van der Waals surface area contributed by atoms with Crippen molar-refractivity contribution >= 4 is 21.4 Å². The molecule has 0 unspecified atom stereocenters. The third kappa shape index (κ3) is 3.84. The summed E-state index contributed by atoms with van der Waals surface area (Å²) < 4.78 is 26.8. The molecule has 144 valence electrons. The fourth-order valence-corrected chi connectivity index (χ4v) is 5.36. The van der Waals surface area contributed by atoms with E-state index in [0.29, 0.717) is 18.8 Å². The zero-order valence-corrected chi connectivity index (χ0v) is 16.0. The van der Waals surface area contributed by atoms with Crippen LogP contribution in [-0.2, 0) is 10.0 Å². The Hall–Kier alpha value is -1.71. The summed E-state index contributed by atoms with van der Waals surface area (Å²) in [5.74, 6) is 0. The molecule has 0 bridgehead atoms. The molecule has 8 nitrogen and oxygen atoms in total. The van der Waals surface area contributed by atoms with Gasteiger partial charge in [0.15, 0.2) is 0 Å². The maximum Gasteiger partial charge on any atom is 0.293 e. The van der Waals surface area contributed by atoms with Crippen LogP contribution in [0.5, 0.6) is 0 Å². The second kappa shape index (κ2) is 7.89. The van der Waals surface area contributed by atoms with E-state index in [4.69, 9.17) is 0 Å². The van der Waals surface area contributed by atoms with Crippen molar-refractivity contribution in [3.05, 3.63) is 28.3 Å². The molecule has 0 aliphatic carbocycles. The highest BCUT2D eigenvalue weighted by Gasteiger charge is 2.31. The molecule has 0 atom stereocenters. The van der Waals surface area contributed by atoms with E-state index in [1.54, 1.807) is 6.07 Å². The third-order valence-electron chi connectivity index (χ3n) is 5.26. The van der Waals surface area contributed by atoms with Gasteiger partial charge in [-0.1, -0.05) is 6.92 Å². The number of anilines is 1. The van der Waals surface area contributed by atoms with Crippen LogP contribution in [0.3, 0.4) is 0 Å². The first kappa shape index (κ1) is 19.1. The normalized spacial score (nSPS) is 19.8. The number of nitrogens with zero attached hydrogens (tertiary/aromatic N) is 3. The van der Waals surface area contributed by atoms with E-state index in [2.05, 4.69) is 6.92 Å². The van der Waals surface area contributed by atoms with Gasteiger partial charge in [0, 0.05) is 19.2 Å². The molecule has 2 saturated heterocycles. The molecule has 2 fully saturated rings. The first-order valence-corrected chi connectivity index (χ1v) is 10.7. The average Bonchev–Trinajstić information content (AvgIpc) is 3.18. The fraction of sp³-hybridized carbons (Fsp3) is 0.647. The molecule has 0 spiro atoms. The summed E-state index contributed by atoms with van der Waals surface area (Å²) in [7, 11) is -3.65.